The van der Waals surface area contributed by atoms with Gasteiger partial charge in [-0.25, -0.2) is 9.80 Å². The Hall–Kier alpha value is -2.08. The van der Waals surface area contributed by atoms with E-state index in [4.69, 9.17) is 0 Å². The van der Waals surface area contributed by atoms with Crippen LogP contribution in [0.5, 0.6) is 0 Å². The Morgan fingerprint density at radius 2 is 1.70 bits per heavy atom. The van der Waals surface area contributed by atoms with Gasteiger partial charge in [0.15, 0.2) is 0 Å². The molecule has 6 nitrogen and oxygen atoms in total. The Morgan fingerprint density at radius 3 is 2.25 bits per heavy atom. The van der Waals surface area contributed by atoms with Gasteiger partial charge < -0.3 is 4.90 Å². The monoisotopic (exact) mass is 276 g/mol. The van der Waals surface area contributed by atoms with E-state index in [1.165, 1.54) is 0 Å². The number of hydrogen-bond acceptors (Lipinski definition) is 3. The zero-order valence-electron chi connectivity index (χ0n) is 11.9. The van der Waals surface area contributed by atoms with E-state index in [1.807, 2.05) is 35.3 Å². The summed E-state index contributed by atoms with van der Waals surface area (Å²) in [6.45, 7) is 4.15. The molecule has 1 aromatic rings. The number of anilines is 1. The Bertz CT molecular complexity index is 469. The zero-order chi connectivity index (χ0) is 14.5. The zero-order valence-corrected chi connectivity index (χ0v) is 11.9. The molecule has 0 aliphatic carbocycles. The number of nitrogens with zero attached hydrogens (tertiary/aromatic N) is 3. The summed E-state index contributed by atoms with van der Waals surface area (Å²) in [5.74, 6) is 0.0809. The topological polar surface area (TPSA) is 55.9 Å². The largest absolute Gasteiger partial charge is 0.340 e. The third-order valence-corrected chi connectivity index (χ3v) is 3.43. The van der Waals surface area contributed by atoms with E-state index < -0.39 is 0 Å². The number of hydrazine groups is 1. The van der Waals surface area contributed by atoms with Crippen LogP contribution < -0.4 is 10.3 Å². The molecule has 1 aliphatic heterocycles. The first-order valence-electron chi connectivity index (χ1n) is 6.68. The first-order chi connectivity index (χ1) is 9.58. The summed E-state index contributed by atoms with van der Waals surface area (Å²) in [5.41, 5.74) is 3.70. The highest BCUT2D eigenvalue weighted by Gasteiger charge is 2.21. The Balaban J connectivity index is 1.85. The molecule has 0 unspecified atom stereocenters. The standard InChI is InChI=1S/C14H20N4O2/c1-12(19)17-8-10-18(11-9-17)15-14(20)16(2)13-6-4-3-5-7-13/h3-7H,8-11H2,1-2H3,(H,15,20). The predicted octanol–water partition coefficient (Wildman–Crippen LogP) is 0.911. The molecule has 0 spiro atoms. The first kappa shape index (κ1) is 14.3. The van der Waals surface area contributed by atoms with Crippen LogP contribution in [0, 0.1) is 0 Å². The number of nitrogens with one attached hydrogen (secondary N) is 1. The van der Waals surface area contributed by atoms with Crippen molar-refractivity contribution < 1.29 is 9.59 Å². The van der Waals surface area contributed by atoms with Crippen LogP contribution in [0.3, 0.4) is 0 Å². The van der Waals surface area contributed by atoms with E-state index >= 15 is 0 Å². The first-order valence-corrected chi connectivity index (χ1v) is 6.68. The van der Waals surface area contributed by atoms with Gasteiger partial charge in [0.1, 0.15) is 0 Å². The maximum atomic E-state index is 12.1. The molecule has 108 valence electrons. The molecule has 0 aromatic heterocycles. The molecule has 1 N–H and O–H groups in total. The minimum Gasteiger partial charge on any atom is -0.340 e. The van der Waals surface area contributed by atoms with Crippen molar-refractivity contribution in [2.45, 2.75) is 6.92 Å². The maximum absolute atomic E-state index is 12.1. The molecule has 6 heteroatoms. The molecule has 0 radical (unpaired) electrons. The van der Waals surface area contributed by atoms with Crippen molar-refractivity contribution in [1.29, 1.82) is 0 Å². The second kappa shape index (κ2) is 6.38. The van der Waals surface area contributed by atoms with Crippen molar-refractivity contribution in [1.82, 2.24) is 15.3 Å². The number of urea groups is 1. The lowest BCUT2D eigenvalue weighted by Crippen LogP contribution is -2.56. The van der Waals surface area contributed by atoms with Gasteiger partial charge in [-0.2, -0.15) is 0 Å². The average molecular weight is 276 g/mol. The molecule has 1 aromatic carbocycles. The minimum atomic E-state index is -0.174. The Labute approximate surface area is 118 Å². The fourth-order valence-electron chi connectivity index (χ4n) is 2.11. The van der Waals surface area contributed by atoms with E-state index in [9.17, 15) is 9.59 Å². The molecule has 3 amide bonds. The van der Waals surface area contributed by atoms with Crippen LogP contribution >= 0.6 is 0 Å². The van der Waals surface area contributed by atoms with Crippen LogP contribution in [-0.2, 0) is 4.79 Å². The number of amides is 3. The third-order valence-electron chi connectivity index (χ3n) is 3.43. The van der Waals surface area contributed by atoms with Gasteiger partial charge in [0, 0.05) is 45.8 Å². The fourth-order valence-corrected chi connectivity index (χ4v) is 2.11. The smallest absolute Gasteiger partial charge is 0.336 e. The number of piperazine rings is 1. The van der Waals surface area contributed by atoms with E-state index in [2.05, 4.69) is 5.43 Å². The summed E-state index contributed by atoms with van der Waals surface area (Å²) < 4.78 is 0. The van der Waals surface area contributed by atoms with Gasteiger partial charge in [0.2, 0.25) is 5.91 Å². The van der Waals surface area contributed by atoms with Gasteiger partial charge in [-0.15, -0.1) is 0 Å². The molecule has 0 atom stereocenters. The molecular formula is C14H20N4O2. The van der Waals surface area contributed by atoms with Crippen molar-refractivity contribution in [3.63, 3.8) is 0 Å². The number of carbonyl (C=O) groups is 2. The molecule has 1 heterocycles. The third kappa shape index (κ3) is 3.48. The molecule has 0 bridgehead atoms. The summed E-state index contributed by atoms with van der Waals surface area (Å²) in [6.07, 6.45) is 0. The van der Waals surface area contributed by atoms with Gasteiger partial charge in [0.25, 0.3) is 0 Å². The predicted molar refractivity (Wildman–Crippen MR) is 77.2 cm³/mol. The number of benzene rings is 1. The summed E-state index contributed by atoms with van der Waals surface area (Å²) in [5, 5.41) is 1.85. The molecule has 1 aliphatic rings. The van der Waals surface area contributed by atoms with Crippen LogP contribution in [0.2, 0.25) is 0 Å². The average Bonchev–Trinajstić information content (AvgIpc) is 2.48. The lowest BCUT2D eigenvalue weighted by molar-refractivity contribution is -0.130. The molecular weight excluding hydrogens is 256 g/mol. The second-order valence-electron chi connectivity index (χ2n) is 4.80. The molecule has 1 saturated heterocycles. The van der Waals surface area contributed by atoms with Crippen molar-refractivity contribution >= 4 is 17.6 Å². The summed E-state index contributed by atoms with van der Waals surface area (Å²) in [6, 6.07) is 9.29. The normalized spacial score (nSPS) is 15.8. The summed E-state index contributed by atoms with van der Waals surface area (Å²) >= 11 is 0. The maximum Gasteiger partial charge on any atom is 0.336 e. The fraction of sp³-hybridized carbons (Fsp3) is 0.429. The Kier molecular flexibility index (Phi) is 4.57. The SMILES string of the molecule is CC(=O)N1CCN(NC(=O)N(C)c2ccccc2)CC1. The van der Waals surface area contributed by atoms with Gasteiger partial charge in [-0.05, 0) is 12.1 Å². The highest BCUT2D eigenvalue weighted by molar-refractivity contribution is 5.90. The minimum absolute atomic E-state index is 0.0809. The number of hydrogen-bond donors (Lipinski definition) is 1. The van der Waals surface area contributed by atoms with E-state index in [1.54, 1.807) is 23.8 Å². The summed E-state index contributed by atoms with van der Waals surface area (Å²) in [4.78, 5) is 26.7. The van der Waals surface area contributed by atoms with E-state index in [0.717, 1.165) is 5.69 Å². The number of rotatable bonds is 2. The van der Waals surface area contributed by atoms with Gasteiger partial charge in [-0.1, -0.05) is 18.2 Å². The number of para-hydroxylation sites is 1. The van der Waals surface area contributed by atoms with Crippen LogP contribution in [0.1, 0.15) is 6.92 Å². The highest BCUT2D eigenvalue weighted by atomic mass is 16.2. The van der Waals surface area contributed by atoms with E-state index in [-0.39, 0.29) is 11.9 Å². The summed E-state index contributed by atoms with van der Waals surface area (Å²) in [7, 11) is 1.73. The number of carbonyl (C=O) groups excluding carboxylic acids is 2. The van der Waals surface area contributed by atoms with Gasteiger partial charge in [-0.3, -0.25) is 15.1 Å². The quantitative estimate of drug-likeness (QED) is 0.873. The Morgan fingerprint density at radius 1 is 1.10 bits per heavy atom. The van der Waals surface area contributed by atoms with Crippen LogP contribution in [0.4, 0.5) is 10.5 Å². The van der Waals surface area contributed by atoms with Crippen LogP contribution in [0.15, 0.2) is 30.3 Å². The second-order valence-corrected chi connectivity index (χ2v) is 4.80. The van der Waals surface area contributed by atoms with Crippen molar-refractivity contribution in [2.24, 2.45) is 0 Å². The van der Waals surface area contributed by atoms with Crippen molar-refractivity contribution in [3.05, 3.63) is 30.3 Å². The molecule has 0 saturated carbocycles. The van der Waals surface area contributed by atoms with Crippen molar-refractivity contribution in [3.8, 4) is 0 Å². The molecule has 1 fully saturated rings. The van der Waals surface area contributed by atoms with E-state index in [0.29, 0.717) is 26.2 Å². The van der Waals surface area contributed by atoms with Crippen LogP contribution in [0.25, 0.3) is 0 Å². The van der Waals surface area contributed by atoms with Crippen molar-refractivity contribution in [2.75, 3.05) is 38.1 Å². The highest BCUT2D eigenvalue weighted by Crippen LogP contribution is 2.11. The lowest BCUT2D eigenvalue weighted by atomic mass is 10.3. The molecule has 2 rings (SSSR count). The lowest BCUT2D eigenvalue weighted by Gasteiger charge is -2.35. The van der Waals surface area contributed by atoms with Gasteiger partial charge >= 0.3 is 6.03 Å². The van der Waals surface area contributed by atoms with Crippen LogP contribution in [-0.4, -0.2) is 55.1 Å². The van der Waals surface area contributed by atoms with Gasteiger partial charge in [0.05, 0.1) is 0 Å². The molecule has 20 heavy (non-hydrogen) atoms.